The maximum absolute atomic E-state index is 4.61. The summed E-state index contributed by atoms with van der Waals surface area (Å²) in [6.07, 6.45) is 4.32. The number of aliphatic imine (C=N–C) groups is 1. The van der Waals surface area contributed by atoms with Gasteiger partial charge in [-0.3, -0.25) is 0 Å². The smallest absolute Gasteiger partial charge is 0.0967 e. The fraction of sp³-hybridized carbons (Fsp3) is 0.308. The van der Waals surface area contributed by atoms with Crippen LogP contribution in [-0.4, -0.2) is 5.04 Å². The van der Waals surface area contributed by atoms with Gasteiger partial charge in [0.15, 0.2) is 0 Å². The van der Waals surface area contributed by atoms with Crippen LogP contribution < -0.4 is 0 Å². The number of hydrogen-bond donors (Lipinski definition) is 0. The summed E-state index contributed by atoms with van der Waals surface area (Å²) in [5.41, 5.74) is 2.46. The van der Waals surface area contributed by atoms with Crippen LogP contribution in [0.15, 0.2) is 41.4 Å². The zero-order valence-corrected chi connectivity index (χ0v) is 9.92. The Labute approximate surface area is 95.3 Å². The predicted octanol–water partition coefficient (Wildman–Crippen LogP) is 4.18. The lowest BCUT2D eigenvalue weighted by Gasteiger charge is -2.12. The predicted molar refractivity (Wildman–Crippen MR) is 68.8 cm³/mol. The van der Waals surface area contributed by atoms with Crippen LogP contribution in [0.2, 0.25) is 0 Å². The number of hydrogen-bond acceptors (Lipinski definition) is 2. The number of para-hydroxylation sites is 1. The minimum atomic E-state index is 0.588. The molecular weight excluding hydrogens is 202 g/mol. The van der Waals surface area contributed by atoms with Crippen molar-refractivity contribution in [1.82, 2.24) is 0 Å². The molecule has 0 bridgehead atoms. The average Bonchev–Trinajstić information content (AvgIpc) is 2.26. The van der Waals surface area contributed by atoms with Gasteiger partial charge in [-0.15, -0.1) is 11.8 Å². The van der Waals surface area contributed by atoms with Crippen molar-refractivity contribution in [3.63, 3.8) is 0 Å². The van der Waals surface area contributed by atoms with Crippen LogP contribution in [0.4, 0.5) is 5.69 Å². The van der Waals surface area contributed by atoms with Gasteiger partial charge in [0.1, 0.15) is 0 Å². The van der Waals surface area contributed by atoms with E-state index < -0.39 is 0 Å². The van der Waals surface area contributed by atoms with Crippen LogP contribution in [0.3, 0.4) is 0 Å². The quantitative estimate of drug-likeness (QED) is 0.724. The van der Waals surface area contributed by atoms with E-state index in [1.165, 1.54) is 5.56 Å². The molecule has 1 heterocycles. The van der Waals surface area contributed by atoms with Gasteiger partial charge in [0.05, 0.1) is 10.7 Å². The van der Waals surface area contributed by atoms with Gasteiger partial charge in [-0.1, -0.05) is 38.1 Å². The molecule has 0 unspecified atom stereocenters. The molecule has 1 aliphatic heterocycles. The lowest BCUT2D eigenvalue weighted by atomic mass is 10.2. The lowest BCUT2D eigenvalue weighted by molar-refractivity contribution is 0.833. The largest absolute Gasteiger partial charge is 0.242 e. The maximum atomic E-state index is 4.61. The van der Waals surface area contributed by atoms with Crippen LogP contribution in [0.5, 0.6) is 0 Å². The molecule has 1 aliphatic rings. The Morgan fingerprint density at radius 3 is 2.93 bits per heavy atom. The molecule has 1 aromatic carbocycles. The fourth-order valence-corrected chi connectivity index (χ4v) is 2.29. The molecule has 2 rings (SSSR count). The van der Waals surface area contributed by atoms with Crippen molar-refractivity contribution in [1.29, 1.82) is 0 Å². The molecule has 0 spiro atoms. The Balaban J connectivity index is 2.22. The van der Waals surface area contributed by atoms with Crippen molar-refractivity contribution < 1.29 is 0 Å². The molecule has 0 N–H and O–H groups in total. The van der Waals surface area contributed by atoms with Crippen molar-refractivity contribution in [3.8, 4) is 0 Å². The SMILES string of the molecule is CC(C)/C=C/C1=Nc2ccccc2CS1. The summed E-state index contributed by atoms with van der Waals surface area (Å²) in [4.78, 5) is 4.61. The molecule has 0 saturated carbocycles. The van der Waals surface area contributed by atoms with E-state index in [4.69, 9.17) is 0 Å². The summed E-state index contributed by atoms with van der Waals surface area (Å²) in [5.74, 6) is 1.63. The van der Waals surface area contributed by atoms with E-state index >= 15 is 0 Å². The van der Waals surface area contributed by atoms with Gasteiger partial charge in [-0.25, -0.2) is 4.99 Å². The van der Waals surface area contributed by atoms with Crippen molar-refractivity contribution in [2.24, 2.45) is 10.9 Å². The Morgan fingerprint density at radius 1 is 1.33 bits per heavy atom. The van der Waals surface area contributed by atoms with Gasteiger partial charge in [-0.05, 0) is 23.6 Å². The molecule has 0 saturated heterocycles. The summed E-state index contributed by atoms with van der Waals surface area (Å²) < 4.78 is 0. The standard InChI is InChI=1S/C13H15NS/c1-10(2)7-8-13-14-12-6-4-3-5-11(12)9-15-13/h3-8,10H,9H2,1-2H3/b8-7+. The number of fused-ring (bicyclic) bond motifs is 1. The van der Waals surface area contributed by atoms with Gasteiger partial charge < -0.3 is 0 Å². The Hall–Kier alpha value is -1.02. The monoisotopic (exact) mass is 217 g/mol. The lowest BCUT2D eigenvalue weighted by Crippen LogP contribution is -1.96. The van der Waals surface area contributed by atoms with Crippen molar-refractivity contribution in [2.45, 2.75) is 19.6 Å². The van der Waals surface area contributed by atoms with E-state index in [0.717, 1.165) is 16.5 Å². The van der Waals surface area contributed by atoms with Gasteiger partial charge >= 0.3 is 0 Å². The van der Waals surface area contributed by atoms with E-state index in [-0.39, 0.29) is 0 Å². The fourth-order valence-electron chi connectivity index (χ4n) is 1.40. The second-order valence-corrected chi connectivity index (χ2v) is 4.97. The summed E-state index contributed by atoms with van der Waals surface area (Å²) in [6.45, 7) is 4.36. The number of thioether (sulfide) groups is 1. The molecule has 0 amide bonds. The Bertz CT molecular complexity index is 405. The number of allylic oxidation sites excluding steroid dienone is 1. The highest BCUT2D eigenvalue weighted by Crippen LogP contribution is 2.30. The van der Waals surface area contributed by atoms with Gasteiger partial charge in [0.2, 0.25) is 0 Å². The van der Waals surface area contributed by atoms with E-state index in [1.54, 1.807) is 0 Å². The highest BCUT2D eigenvalue weighted by Gasteiger charge is 2.09. The molecule has 15 heavy (non-hydrogen) atoms. The summed E-state index contributed by atoms with van der Waals surface area (Å²) in [5, 5.41) is 1.13. The molecular formula is C13H15NS. The average molecular weight is 217 g/mol. The topological polar surface area (TPSA) is 12.4 Å². The van der Waals surface area contributed by atoms with Crippen molar-refractivity contribution in [3.05, 3.63) is 42.0 Å². The Kier molecular flexibility index (Phi) is 3.27. The molecule has 0 radical (unpaired) electrons. The third-order valence-electron chi connectivity index (χ3n) is 2.22. The van der Waals surface area contributed by atoms with Crippen LogP contribution in [-0.2, 0) is 5.75 Å². The third-order valence-corrected chi connectivity index (χ3v) is 3.20. The second-order valence-electron chi connectivity index (χ2n) is 3.97. The molecule has 0 fully saturated rings. The molecule has 1 aromatic rings. The molecule has 1 nitrogen and oxygen atoms in total. The summed E-state index contributed by atoms with van der Waals surface area (Å²) >= 11 is 1.81. The molecule has 2 heteroatoms. The first kappa shape index (κ1) is 10.5. The first-order valence-corrected chi connectivity index (χ1v) is 6.22. The van der Waals surface area contributed by atoms with E-state index in [2.05, 4.69) is 49.2 Å². The van der Waals surface area contributed by atoms with Gasteiger partial charge in [0.25, 0.3) is 0 Å². The number of benzene rings is 1. The van der Waals surface area contributed by atoms with Crippen molar-refractivity contribution >= 4 is 22.5 Å². The number of nitrogens with zero attached hydrogens (tertiary/aromatic N) is 1. The normalized spacial score (nSPS) is 15.5. The first-order chi connectivity index (χ1) is 7.25. The van der Waals surface area contributed by atoms with E-state index in [1.807, 2.05) is 17.8 Å². The van der Waals surface area contributed by atoms with Crippen LogP contribution in [0.1, 0.15) is 19.4 Å². The zero-order valence-electron chi connectivity index (χ0n) is 9.10. The number of rotatable bonds is 2. The molecule has 78 valence electrons. The second kappa shape index (κ2) is 4.67. The van der Waals surface area contributed by atoms with Gasteiger partial charge in [0, 0.05) is 5.75 Å². The molecule has 0 aliphatic carbocycles. The maximum Gasteiger partial charge on any atom is 0.0967 e. The first-order valence-electron chi connectivity index (χ1n) is 5.23. The Morgan fingerprint density at radius 2 is 2.13 bits per heavy atom. The van der Waals surface area contributed by atoms with Crippen LogP contribution >= 0.6 is 11.8 Å². The zero-order chi connectivity index (χ0) is 10.7. The molecule has 0 aromatic heterocycles. The van der Waals surface area contributed by atoms with Crippen LogP contribution in [0, 0.1) is 5.92 Å². The minimum absolute atomic E-state index is 0.588. The van der Waals surface area contributed by atoms with Crippen LogP contribution in [0.25, 0.3) is 0 Å². The van der Waals surface area contributed by atoms with Gasteiger partial charge in [-0.2, -0.15) is 0 Å². The summed E-state index contributed by atoms with van der Waals surface area (Å²) in [6, 6.07) is 8.35. The van der Waals surface area contributed by atoms with E-state index in [0.29, 0.717) is 5.92 Å². The highest BCUT2D eigenvalue weighted by atomic mass is 32.2. The van der Waals surface area contributed by atoms with Crippen molar-refractivity contribution in [2.75, 3.05) is 0 Å². The molecule has 0 atom stereocenters. The third kappa shape index (κ3) is 2.72. The summed E-state index contributed by atoms with van der Waals surface area (Å²) in [7, 11) is 0. The highest BCUT2D eigenvalue weighted by molar-refractivity contribution is 8.13. The minimum Gasteiger partial charge on any atom is -0.242 e. The van der Waals surface area contributed by atoms with E-state index in [9.17, 15) is 0 Å².